The minimum atomic E-state index is -0.478. The van der Waals surface area contributed by atoms with Crippen LogP contribution in [0.4, 0.5) is 0 Å². The van der Waals surface area contributed by atoms with Gasteiger partial charge < -0.3 is 15.8 Å². The van der Waals surface area contributed by atoms with E-state index in [1.165, 1.54) is 0 Å². The van der Waals surface area contributed by atoms with Gasteiger partial charge in [0.1, 0.15) is 5.75 Å². The molecule has 1 heterocycles. The topological polar surface area (TPSA) is 77.2 Å². The quantitative estimate of drug-likeness (QED) is 0.799. The summed E-state index contributed by atoms with van der Waals surface area (Å²) in [5, 5.41) is 5.32. The first-order chi connectivity index (χ1) is 9.24. The van der Waals surface area contributed by atoms with Gasteiger partial charge in [0.25, 0.3) is 5.91 Å². The van der Waals surface area contributed by atoms with Crippen LogP contribution in [-0.2, 0) is 17.9 Å². The second kappa shape index (κ2) is 6.86. The monoisotopic (exact) mass is 277 g/mol. The molecule has 19 heavy (non-hydrogen) atoms. The molecule has 2 rings (SSSR count). The van der Waals surface area contributed by atoms with Crippen LogP contribution in [0.5, 0.6) is 5.75 Å². The molecule has 1 aromatic heterocycles. The average Bonchev–Trinajstić information content (AvgIpc) is 2.91. The van der Waals surface area contributed by atoms with E-state index in [4.69, 9.17) is 10.5 Å². The summed E-state index contributed by atoms with van der Waals surface area (Å²) in [5.74, 6) is 0.163. The van der Waals surface area contributed by atoms with Crippen LogP contribution in [0.25, 0.3) is 0 Å². The molecule has 1 amide bonds. The molecule has 0 aliphatic carbocycles. The van der Waals surface area contributed by atoms with E-state index in [-0.39, 0.29) is 6.61 Å². The summed E-state index contributed by atoms with van der Waals surface area (Å²) in [6.45, 7) is 1.42. The van der Waals surface area contributed by atoms with Crippen LogP contribution in [0.3, 0.4) is 0 Å². The number of nitrogens with zero attached hydrogens (tertiary/aromatic N) is 1. The SMILES string of the molecule is NC(=O)COc1ccc(CNCc2cscn2)cc1. The molecule has 0 bridgehead atoms. The molecule has 0 radical (unpaired) electrons. The number of primary amides is 1. The number of hydrogen-bond acceptors (Lipinski definition) is 5. The van der Waals surface area contributed by atoms with Gasteiger partial charge in [-0.2, -0.15) is 0 Å². The molecular formula is C13H15N3O2S. The summed E-state index contributed by atoms with van der Waals surface area (Å²) in [6.07, 6.45) is 0. The van der Waals surface area contributed by atoms with Gasteiger partial charge in [0.05, 0.1) is 11.2 Å². The zero-order valence-corrected chi connectivity index (χ0v) is 11.2. The molecule has 3 N–H and O–H groups in total. The first-order valence-electron chi connectivity index (χ1n) is 5.82. The van der Waals surface area contributed by atoms with E-state index in [9.17, 15) is 4.79 Å². The minimum absolute atomic E-state index is 0.0958. The fraction of sp³-hybridized carbons (Fsp3) is 0.231. The lowest BCUT2D eigenvalue weighted by molar-refractivity contribution is -0.119. The summed E-state index contributed by atoms with van der Waals surface area (Å²) in [4.78, 5) is 14.8. The molecule has 0 aliphatic heterocycles. The molecule has 6 heteroatoms. The highest BCUT2D eigenvalue weighted by Crippen LogP contribution is 2.12. The number of ether oxygens (including phenoxy) is 1. The first kappa shape index (κ1) is 13.5. The maximum Gasteiger partial charge on any atom is 0.255 e. The van der Waals surface area contributed by atoms with Crippen LogP contribution in [0, 0.1) is 0 Å². The molecule has 0 unspecified atom stereocenters. The smallest absolute Gasteiger partial charge is 0.255 e. The normalized spacial score (nSPS) is 10.3. The van der Waals surface area contributed by atoms with E-state index in [1.807, 2.05) is 35.2 Å². The summed E-state index contributed by atoms with van der Waals surface area (Å²) < 4.78 is 5.18. The van der Waals surface area contributed by atoms with Gasteiger partial charge in [-0.1, -0.05) is 12.1 Å². The number of carbonyl (C=O) groups is 1. The lowest BCUT2D eigenvalue weighted by Gasteiger charge is -2.06. The largest absolute Gasteiger partial charge is 0.484 e. The van der Waals surface area contributed by atoms with Crippen LogP contribution in [0.15, 0.2) is 35.2 Å². The Bertz CT molecular complexity index is 511. The van der Waals surface area contributed by atoms with Crippen molar-refractivity contribution in [2.75, 3.05) is 6.61 Å². The Kier molecular flexibility index (Phi) is 4.88. The lowest BCUT2D eigenvalue weighted by atomic mass is 10.2. The number of thiazole rings is 1. The number of hydrogen-bond donors (Lipinski definition) is 2. The van der Waals surface area contributed by atoms with Crippen molar-refractivity contribution in [2.24, 2.45) is 5.73 Å². The second-order valence-corrected chi connectivity index (χ2v) is 4.70. The first-order valence-corrected chi connectivity index (χ1v) is 6.76. The van der Waals surface area contributed by atoms with Gasteiger partial charge in [-0.05, 0) is 17.7 Å². The Labute approximate surface area is 115 Å². The molecule has 0 saturated carbocycles. The van der Waals surface area contributed by atoms with Gasteiger partial charge in [0, 0.05) is 18.5 Å². The van der Waals surface area contributed by atoms with Crippen molar-refractivity contribution in [1.82, 2.24) is 10.3 Å². The number of nitrogens with two attached hydrogens (primary N) is 1. The summed E-state index contributed by atoms with van der Waals surface area (Å²) >= 11 is 1.59. The van der Waals surface area contributed by atoms with Crippen molar-refractivity contribution >= 4 is 17.2 Å². The highest BCUT2D eigenvalue weighted by atomic mass is 32.1. The molecule has 100 valence electrons. The van der Waals surface area contributed by atoms with Gasteiger partial charge in [-0.3, -0.25) is 4.79 Å². The van der Waals surface area contributed by atoms with Crippen LogP contribution < -0.4 is 15.8 Å². The third-order valence-electron chi connectivity index (χ3n) is 2.42. The van der Waals surface area contributed by atoms with E-state index in [2.05, 4.69) is 10.3 Å². The maximum absolute atomic E-state index is 10.6. The van der Waals surface area contributed by atoms with Gasteiger partial charge >= 0.3 is 0 Å². The lowest BCUT2D eigenvalue weighted by Crippen LogP contribution is -2.20. The van der Waals surface area contributed by atoms with Gasteiger partial charge in [-0.25, -0.2) is 4.98 Å². The van der Waals surface area contributed by atoms with Gasteiger partial charge in [0.2, 0.25) is 0 Å². The Balaban J connectivity index is 1.76. The van der Waals surface area contributed by atoms with Crippen molar-refractivity contribution in [3.63, 3.8) is 0 Å². The highest BCUT2D eigenvalue weighted by Gasteiger charge is 1.99. The van der Waals surface area contributed by atoms with Crippen molar-refractivity contribution in [3.8, 4) is 5.75 Å². The fourth-order valence-electron chi connectivity index (χ4n) is 1.52. The van der Waals surface area contributed by atoms with E-state index in [1.54, 1.807) is 11.3 Å². The Morgan fingerprint density at radius 1 is 1.32 bits per heavy atom. The van der Waals surface area contributed by atoms with Crippen LogP contribution >= 0.6 is 11.3 Å². The molecular weight excluding hydrogens is 262 g/mol. The van der Waals surface area contributed by atoms with E-state index >= 15 is 0 Å². The Morgan fingerprint density at radius 3 is 2.74 bits per heavy atom. The number of amides is 1. The number of rotatable bonds is 7. The average molecular weight is 277 g/mol. The number of aromatic nitrogens is 1. The Hall–Kier alpha value is -1.92. The molecule has 0 fully saturated rings. The summed E-state index contributed by atoms with van der Waals surface area (Å²) in [6, 6.07) is 7.54. The molecule has 5 nitrogen and oxygen atoms in total. The minimum Gasteiger partial charge on any atom is -0.484 e. The van der Waals surface area contributed by atoms with E-state index < -0.39 is 5.91 Å². The van der Waals surface area contributed by atoms with Crippen LogP contribution in [0.2, 0.25) is 0 Å². The number of carbonyl (C=O) groups excluding carboxylic acids is 1. The predicted molar refractivity (Wildman–Crippen MR) is 73.8 cm³/mol. The molecule has 0 spiro atoms. The van der Waals surface area contributed by atoms with Gasteiger partial charge in [-0.15, -0.1) is 11.3 Å². The van der Waals surface area contributed by atoms with Crippen LogP contribution in [-0.4, -0.2) is 17.5 Å². The molecule has 2 aromatic rings. The third kappa shape index (κ3) is 4.69. The third-order valence-corrected chi connectivity index (χ3v) is 3.06. The van der Waals surface area contributed by atoms with Crippen LogP contribution in [0.1, 0.15) is 11.3 Å². The zero-order chi connectivity index (χ0) is 13.5. The van der Waals surface area contributed by atoms with E-state index in [0.717, 1.165) is 24.3 Å². The molecule has 1 aromatic carbocycles. The fourth-order valence-corrected chi connectivity index (χ4v) is 2.08. The summed E-state index contributed by atoms with van der Waals surface area (Å²) in [5.41, 5.74) is 9.01. The van der Waals surface area contributed by atoms with E-state index in [0.29, 0.717) is 5.75 Å². The number of nitrogens with one attached hydrogen (secondary N) is 1. The molecule has 0 saturated heterocycles. The van der Waals surface area contributed by atoms with Crippen molar-refractivity contribution in [3.05, 3.63) is 46.4 Å². The summed E-state index contributed by atoms with van der Waals surface area (Å²) in [7, 11) is 0. The number of benzene rings is 1. The molecule has 0 aliphatic rings. The zero-order valence-electron chi connectivity index (χ0n) is 10.3. The predicted octanol–water partition coefficient (Wildman–Crippen LogP) is 1.30. The maximum atomic E-state index is 10.6. The van der Waals surface area contributed by atoms with Crippen molar-refractivity contribution in [1.29, 1.82) is 0 Å². The standard InChI is InChI=1S/C13H15N3O2S/c14-13(17)7-18-12-3-1-10(2-4-12)5-15-6-11-8-19-9-16-11/h1-4,8-9,15H,5-7H2,(H2,14,17). The second-order valence-electron chi connectivity index (χ2n) is 3.98. The van der Waals surface area contributed by atoms with Crippen molar-refractivity contribution in [2.45, 2.75) is 13.1 Å². The highest BCUT2D eigenvalue weighted by molar-refractivity contribution is 7.07. The molecule has 0 atom stereocenters. The van der Waals surface area contributed by atoms with Gasteiger partial charge in [0.15, 0.2) is 6.61 Å². The Morgan fingerprint density at radius 2 is 2.11 bits per heavy atom. The van der Waals surface area contributed by atoms with Crippen molar-refractivity contribution < 1.29 is 9.53 Å².